The van der Waals surface area contributed by atoms with E-state index < -0.39 is 5.00 Å². The van der Waals surface area contributed by atoms with Crippen LogP contribution in [0.1, 0.15) is 108 Å². The summed E-state index contributed by atoms with van der Waals surface area (Å²) in [6.45, 7) is 20.7. The molecule has 5 heteroatoms. The molecule has 0 rings (SSSR count). The van der Waals surface area contributed by atoms with E-state index in [0.29, 0.717) is 0 Å². The second-order valence-electron chi connectivity index (χ2n) is 8.93. The van der Waals surface area contributed by atoms with E-state index in [1.807, 2.05) is 27.7 Å². The van der Waals surface area contributed by atoms with Crippen LogP contribution in [0.15, 0.2) is 15.3 Å². The molecule has 0 aromatic carbocycles. The molecular formula is C20H43ClN4. The Morgan fingerprint density at radius 3 is 1.80 bits per heavy atom. The zero-order valence-corrected chi connectivity index (χ0v) is 19.2. The predicted octanol–water partition coefficient (Wildman–Crippen LogP) is 7.32. The Balaban J connectivity index is 0. The SMILES string of the molecule is CCCC/C(C)=N/NC(C)(C)C.CCCCC(C)(Cl)/N=N/C(C)(C)C. The van der Waals surface area contributed by atoms with Crippen molar-refractivity contribution in [3.05, 3.63) is 0 Å². The van der Waals surface area contributed by atoms with Crippen LogP contribution in [-0.4, -0.2) is 21.8 Å². The molecule has 0 aromatic rings. The molecule has 0 aliphatic heterocycles. The first-order valence-corrected chi connectivity index (χ1v) is 10.0. The number of azo groups is 1. The largest absolute Gasteiger partial charge is 0.305 e. The molecule has 0 fully saturated rings. The molecule has 1 N–H and O–H groups in total. The lowest BCUT2D eigenvalue weighted by atomic mass is 10.1. The average molecular weight is 375 g/mol. The summed E-state index contributed by atoms with van der Waals surface area (Å²) in [4.78, 5) is -0.511. The standard InChI is InChI=1S/C10H21ClN2.C10H22N2/c1-6-7-8-10(5,11)13-12-9(2,3)4;1-6-7-8-9(2)11-12-10(3,4)5/h6-8H2,1-5H3;12H,6-8H2,1-5H3/b13-12+;11-9+. The normalized spacial score (nSPS) is 15.6. The van der Waals surface area contributed by atoms with Crippen molar-refractivity contribution < 1.29 is 0 Å². The molecule has 0 spiro atoms. The average Bonchev–Trinajstić information content (AvgIpc) is 2.46. The van der Waals surface area contributed by atoms with Crippen LogP contribution in [0.4, 0.5) is 0 Å². The molecule has 0 saturated heterocycles. The Hall–Kier alpha value is -0.640. The van der Waals surface area contributed by atoms with Gasteiger partial charge in [-0.25, -0.2) is 0 Å². The quantitative estimate of drug-likeness (QED) is 0.156. The maximum atomic E-state index is 6.16. The molecule has 0 aliphatic rings. The third-order valence-electron chi connectivity index (χ3n) is 3.02. The smallest absolute Gasteiger partial charge is 0.151 e. The zero-order valence-electron chi connectivity index (χ0n) is 18.5. The van der Waals surface area contributed by atoms with Gasteiger partial charge in [-0.2, -0.15) is 15.3 Å². The number of hydrogen-bond donors (Lipinski definition) is 1. The van der Waals surface area contributed by atoms with E-state index in [0.717, 1.165) is 25.7 Å². The molecule has 0 aliphatic carbocycles. The first kappa shape index (κ1) is 26.6. The third-order valence-corrected chi connectivity index (χ3v) is 3.28. The first-order chi connectivity index (χ1) is 11.2. The van der Waals surface area contributed by atoms with Crippen LogP contribution in [0.5, 0.6) is 0 Å². The van der Waals surface area contributed by atoms with Crippen LogP contribution in [0, 0.1) is 0 Å². The Morgan fingerprint density at radius 2 is 1.40 bits per heavy atom. The number of hydrazone groups is 1. The van der Waals surface area contributed by atoms with Crippen molar-refractivity contribution in [2.45, 2.75) is 124 Å². The van der Waals surface area contributed by atoms with E-state index in [-0.39, 0.29) is 11.1 Å². The number of unbranched alkanes of at least 4 members (excludes halogenated alkanes) is 2. The highest BCUT2D eigenvalue weighted by Gasteiger charge is 2.20. The lowest BCUT2D eigenvalue weighted by Crippen LogP contribution is -2.32. The van der Waals surface area contributed by atoms with Gasteiger partial charge in [0.2, 0.25) is 0 Å². The maximum Gasteiger partial charge on any atom is 0.151 e. The number of alkyl halides is 1. The van der Waals surface area contributed by atoms with Gasteiger partial charge < -0.3 is 5.43 Å². The highest BCUT2D eigenvalue weighted by atomic mass is 35.5. The number of hydrogen-bond acceptors (Lipinski definition) is 4. The predicted molar refractivity (Wildman–Crippen MR) is 114 cm³/mol. The lowest BCUT2D eigenvalue weighted by Gasteiger charge is -2.18. The fraction of sp³-hybridized carbons (Fsp3) is 0.950. The molecule has 25 heavy (non-hydrogen) atoms. The van der Waals surface area contributed by atoms with Crippen molar-refractivity contribution in [3.8, 4) is 0 Å². The fourth-order valence-corrected chi connectivity index (χ4v) is 1.73. The number of nitrogens with zero attached hydrogens (tertiary/aromatic N) is 3. The molecule has 150 valence electrons. The van der Waals surface area contributed by atoms with Crippen molar-refractivity contribution in [2.24, 2.45) is 15.3 Å². The van der Waals surface area contributed by atoms with Crippen LogP contribution >= 0.6 is 11.6 Å². The summed E-state index contributed by atoms with van der Waals surface area (Å²) in [7, 11) is 0. The summed E-state index contributed by atoms with van der Waals surface area (Å²) >= 11 is 6.16. The Kier molecular flexibility index (Phi) is 13.5. The molecular weight excluding hydrogens is 332 g/mol. The van der Waals surface area contributed by atoms with E-state index in [1.54, 1.807) is 0 Å². The molecule has 4 nitrogen and oxygen atoms in total. The first-order valence-electron chi connectivity index (χ1n) is 9.65. The van der Waals surface area contributed by atoms with Gasteiger partial charge in [-0.1, -0.05) is 38.3 Å². The molecule has 0 saturated carbocycles. The van der Waals surface area contributed by atoms with Crippen LogP contribution in [-0.2, 0) is 0 Å². The van der Waals surface area contributed by atoms with E-state index in [9.17, 15) is 0 Å². The molecule has 0 radical (unpaired) electrons. The molecule has 0 amide bonds. The van der Waals surface area contributed by atoms with Crippen LogP contribution in [0.25, 0.3) is 0 Å². The highest BCUT2D eigenvalue weighted by molar-refractivity contribution is 6.23. The number of rotatable bonds is 8. The van der Waals surface area contributed by atoms with Gasteiger partial charge in [-0.05, 0) is 81.1 Å². The van der Waals surface area contributed by atoms with Gasteiger partial charge in [0.05, 0.1) is 5.54 Å². The van der Waals surface area contributed by atoms with Crippen molar-refractivity contribution in [1.82, 2.24) is 5.43 Å². The highest BCUT2D eigenvalue weighted by Crippen LogP contribution is 2.25. The Bertz CT molecular complexity index is 387. The van der Waals surface area contributed by atoms with Gasteiger partial charge in [0.15, 0.2) is 5.00 Å². The Morgan fingerprint density at radius 1 is 0.880 bits per heavy atom. The molecule has 0 heterocycles. The monoisotopic (exact) mass is 374 g/mol. The van der Waals surface area contributed by atoms with E-state index >= 15 is 0 Å². The van der Waals surface area contributed by atoms with Crippen molar-refractivity contribution in [3.63, 3.8) is 0 Å². The van der Waals surface area contributed by atoms with Crippen LogP contribution in [0.3, 0.4) is 0 Å². The second kappa shape index (κ2) is 12.7. The summed E-state index contributed by atoms with van der Waals surface area (Å²) in [6.07, 6.45) is 6.73. The molecule has 0 bridgehead atoms. The van der Waals surface area contributed by atoms with Gasteiger partial charge >= 0.3 is 0 Å². The summed E-state index contributed by atoms with van der Waals surface area (Å²) in [5.41, 5.74) is 4.29. The van der Waals surface area contributed by atoms with Gasteiger partial charge in [0, 0.05) is 11.3 Å². The van der Waals surface area contributed by atoms with Crippen molar-refractivity contribution >= 4 is 17.3 Å². The van der Waals surface area contributed by atoms with Gasteiger partial charge in [-0.3, -0.25) is 0 Å². The van der Waals surface area contributed by atoms with Gasteiger partial charge in [0.25, 0.3) is 0 Å². The van der Waals surface area contributed by atoms with Gasteiger partial charge in [-0.15, -0.1) is 0 Å². The minimum Gasteiger partial charge on any atom is -0.305 e. The minimum atomic E-state index is -0.511. The fourth-order valence-electron chi connectivity index (χ4n) is 1.56. The second-order valence-corrected chi connectivity index (χ2v) is 9.74. The summed E-state index contributed by atoms with van der Waals surface area (Å²) in [6, 6.07) is 0. The van der Waals surface area contributed by atoms with Crippen LogP contribution < -0.4 is 5.43 Å². The van der Waals surface area contributed by atoms with E-state index in [1.165, 1.54) is 18.6 Å². The summed E-state index contributed by atoms with van der Waals surface area (Å²) in [5.74, 6) is 0. The van der Waals surface area contributed by atoms with Crippen LogP contribution in [0.2, 0.25) is 0 Å². The lowest BCUT2D eigenvalue weighted by molar-refractivity contribution is 0.440. The van der Waals surface area contributed by atoms with Gasteiger partial charge in [0.1, 0.15) is 0 Å². The molecule has 0 aromatic heterocycles. The molecule has 1 unspecified atom stereocenters. The zero-order chi connectivity index (χ0) is 20.1. The summed E-state index contributed by atoms with van der Waals surface area (Å²) in [5, 5.41) is 12.6. The van der Waals surface area contributed by atoms with E-state index in [4.69, 9.17) is 11.6 Å². The minimum absolute atomic E-state index is 0.0907. The molecule has 1 atom stereocenters. The van der Waals surface area contributed by atoms with E-state index in [2.05, 4.69) is 62.3 Å². The van der Waals surface area contributed by atoms with Crippen molar-refractivity contribution in [2.75, 3.05) is 0 Å². The maximum absolute atomic E-state index is 6.16. The topological polar surface area (TPSA) is 49.1 Å². The number of halogens is 1. The Labute approximate surface area is 162 Å². The number of nitrogens with one attached hydrogen (secondary N) is 1. The summed E-state index contributed by atoms with van der Waals surface area (Å²) < 4.78 is 0. The third kappa shape index (κ3) is 23.4. The van der Waals surface area contributed by atoms with Crippen molar-refractivity contribution in [1.29, 1.82) is 0 Å².